The average Bonchev–Trinajstić information content (AvgIpc) is 2.04. The first-order chi connectivity index (χ1) is 6.07. The van der Waals surface area contributed by atoms with E-state index in [1.165, 1.54) is 18.4 Å². The van der Waals surface area contributed by atoms with Crippen molar-refractivity contribution in [1.29, 1.82) is 0 Å². The lowest BCUT2D eigenvalue weighted by atomic mass is 9.88. The minimum atomic E-state index is 0.325. The summed E-state index contributed by atoms with van der Waals surface area (Å²) < 4.78 is 0. The van der Waals surface area contributed by atoms with Crippen LogP contribution in [0.4, 0.5) is 0 Å². The van der Waals surface area contributed by atoms with Crippen molar-refractivity contribution in [2.45, 2.75) is 46.5 Å². The molecule has 1 heteroatoms. The second-order valence-electron chi connectivity index (χ2n) is 4.32. The van der Waals surface area contributed by atoms with Crippen LogP contribution in [-0.2, 0) is 0 Å². The van der Waals surface area contributed by atoms with E-state index in [0.717, 1.165) is 18.8 Å². The molecule has 1 nitrogen and oxygen atoms in total. The Morgan fingerprint density at radius 2 is 1.77 bits per heavy atom. The molecule has 0 amide bonds. The van der Waals surface area contributed by atoms with Gasteiger partial charge in [0.05, 0.1) is 0 Å². The van der Waals surface area contributed by atoms with E-state index in [0.29, 0.717) is 12.5 Å². The first-order valence-corrected chi connectivity index (χ1v) is 5.33. The molecule has 0 saturated carbocycles. The number of aliphatic hydroxyl groups is 1. The number of rotatable bonds is 7. The number of hydrogen-bond acceptors (Lipinski definition) is 1. The van der Waals surface area contributed by atoms with Crippen molar-refractivity contribution in [1.82, 2.24) is 0 Å². The van der Waals surface area contributed by atoms with Crippen molar-refractivity contribution in [3.05, 3.63) is 12.2 Å². The minimum absolute atomic E-state index is 0.325. The highest BCUT2D eigenvalue weighted by atomic mass is 16.3. The first-order valence-electron chi connectivity index (χ1n) is 5.33. The summed E-state index contributed by atoms with van der Waals surface area (Å²) in [4.78, 5) is 0. The molecule has 13 heavy (non-hydrogen) atoms. The van der Waals surface area contributed by atoms with Gasteiger partial charge in [-0.1, -0.05) is 25.8 Å². The summed E-state index contributed by atoms with van der Waals surface area (Å²) in [6.45, 7) is 10.8. The lowest BCUT2D eigenvalue weighted by Gasteiger charge is -2.18. The predicted molar refractivity (Wildman–Crippen MR) is 58.7 cm³/mol. The third kappa shape index (κ3) is 6.83. The smallest absolute Gasteiger partial charge is 0.0433 e. The van der Waals surface area contributed by atoms with Crippen LogP contribution in [0, 0.1) is 11.8 Å². The second kappa shape index (κ2) is 7.14. The molecule has 1 N–H and O–H groups in total. The zero-order chi connectivity index (χ0) is 10.3. The molecule has 0 aromatic rings. The molecule has 2 atom stereocenters. The van der Waals surface area contributed by atoms with E-state index in [-0.39, 0.29) is 0 Å². The maximum atomic E-state index is 8.79. The third-order valence-corrected chi connectivity index (χ3v) is 2.82. The first kappa shape index (κ1) is 12.7. The van der Waals surface area contributed by atoms with Crippen LogP contribution in [0.25, 0.3) is 0 Å². The Balaban J connectivity index is 3.49. The Kier molecular flexibility index (Phi) is 6.97. The van der Waals surface area contributed by atoms with Gasteiger partial charge in [0.15, 0.2) is 0 Å². The Bertz CT molecular complexity index is 140. The molecule has 0 heterocycles. The molecule has 0 spiro atoms. The van der Waals surface area contributed by atoms with Gasteiger partial charge in [-0.25, -0.2) is 0 Å². The van der Waals surface area contributed by atoms with Crippen molar-refractivity contribution in [3.63, 3.8) is 0 Å². The van der Waals surface area contributed by atoms with Gasteiger partial charge in [0.1, 0.15) is 0 Å². The van der Waals surface area contributed by atoms with E-state index >= 15 is 0 Å². The van der Waals surface area contributed by atoms with Crippen molar-refractivity contribution in [3.8, 4) is 0 Å². The number of allylic oxidation sites excluding steroid dienone is 1. The molecular weight excluding hydrogens is 160 g/mol. The molecule has 0 rings (SSSR count). The molecule has 0 aliphatic carbocycles. The van der Waals surface area contributed by atoms with Gasteiger partial charge in [0.2, 0.25) is 0 Å². The maximum Gasteiger partial charge on any atom is 0.0433 e. The molecule has 0 aliphatic rings. The minimum Gasteiger partial charge on any atom is -0.396 e. The van der Waals surface area contributed by atoms with Crippen LogP contribution in [-0.4, -0.2) is 11.7 Å². The van der Waals surface area contributed by atoms with Crippen LogP contribution in [0.5, 0.6) is 0 Å². The molecule has 0 bridgehead atoms. The van der Waals surface area contributed by atoms with Crippen LogP contribution in [0.15, 0.2) is 12.2 Å². The average molecular weight is 184 g/mol. The number of hydrogen-bond donors (Lipinski definition) is 1. The highest BCUT2D eigenvalue weighted by Gasteiger charge is 2.10. The summed E-state index contributed by atoms with van der Waals surface area (Å²) in [5.74, 6) is 1.38. The van der Waals surface area contributed by atoms with Gasteiger partial charge in [0, 0.05) is 6.61 Å². The topological polar surface area (TPSA) is 20.2 Å². The summed E-state index contributed by atoms with van der Waals surface area (Å²) in [6.07, 6.45) is 4.59. The molecule has 2 unspecified atom stereocenters. The third-order valence-electron chi connectivity index (χ3n) is 2.82. The van der Waals surface area contributed by atoms with E-state index in [9.17, 15) is 0 Å². The van der Waals surface area contributed by atoms with E-state index in [1.807, 2.05) is 0 Å². The predicted octanol–water partition coefficient (Wildman–Crippen LogP) is 3.39. The van der Waals surface area contributed by atoms with E-state index < -0.39 is 0 Å². The lowest BCUT2D eigenvalue weighted by molar-refractivity contribution is 0.229. The van der Waals surface area contributed by atoms with Crippen LogP contribution >= 0.6 is 0 Å². The van der Waals surface area contributed by atoms with E-state index in [2.05, 4.69) is 27.4 Å². The van der Waals surface area contributed by atoms with Crippen LogP contribution < -0.4 is 0 Å². The highest BCUT2D eigenvalue weighted by Crippen LogP contribution is 2.21. The van der Waals surface area contributed by atoms with Gasteiger partial charge in [-0.3, -0.25) is 0 Å². The molecule has 0 aromatic carbocycles. The van der Waals surface area contributed by atoms with Crippen molar-refractivity contribution >= 4 is 0 Å². The van der Waals surface area contributed by atoms with E-state index in [4.69, 9.17) is 5.11 Å². The van der Waals surface area contributed by atoms with Crippen molar-refractivity contribution in [2.24, 2.45) is 11.8 Å². The van der Waals surface area contributed by atoms with Crippen LogP contribution in [0.2, 0.25) is 0 Å². The normalized spacial score (nSPS) is 15.4. The molecule has 0 aliphatic heterocycles. The number of aliphatic hydroxyl groups excluding tert-OH is 1. The van der Waals surface area contributed by atoms with Gasteiger partial charge in [0.25, 0.3) is 0 Å². The highest BCUT2D eigenvalue weighted by molar-refractivity contribution is 4.87. The fourth-order valence-corrected chi connectivity index (χ4v) is 1.50. The Hall–Kier alpha value is -0.300. The van der Waals surface area contributed by atoms with Crippen LogP contribution in [0.3, 0.4) is 0 Å². The fourth-order valence-electron chi connectivity index (χ4n) is 1.50. The van der Waals surface area contributed by atoms with Crippen molar-refractivity contribution < 1.29 is 5.11 Å². The summed E-state index contributed by atoms with van der Waals surface area (Å²) in [5.41, 5.74) is 1.28. The summed E-state index contributed by atoms with van der Waals surface area (Å²) >= 11 is 0. The molecule has 0 fully saturated rings. The zero-order valence-electron chi connectivity index (χ0n) is 9.34. The monoisotopic (exact) mass is 184 g/mol. The van der Waals surface area contributed by atoms with Crippen LogP contribution in [0.1, 0.15) is 46.5 Å². The summed E-state index contributed by atoms with van der Waals surface area (Å²) in [6, 6.07) is 0. The van der Waals surface area contributed by atoms with Gasteiger partial charge in [-0.15, -0.1) is 6.58 Å². The van der Waals surface area contributed by atoms with Gasteiger partial charge in [-0.05, 0) is 38.0 Å². The molecule has 0 radical (unpaired) electrons. The summed E-state index contributed by atoms with van der Waals surface area (Å²) in [5, 5.41) is 8.79. The van der Waals surface area contributed by atoms with Crippen molar-refractivity contribution in [2.75, 3.05) is 6.61 Å². The Morgan fingerprint density at radius 3 is 2.23 bits per heavy atom. The quantitative estimate of drug-likeness (QED) is 0.601. The Labute approximate surface area is 82.9 Å². The van der Waals surface area contributed by atoms with Gasteiger partial charge < -0.3 is 5.11 Å². The largest absolute Gasteiger partial charge is 0.396 e. The zero-order valence-corrected chi connectivity index (χ0v) is 9.34. The lowest BCUT2D eigenvalue weighted by Crippen LogP contribution is -2.09. The molecular formula is C12H24O. The fraction of sp³-hybridized carbons (Fsp3) is 0.833. The molecule has 0 aromatic heterocycles. The second-order valence-corrected chi connectivity index (χ2v) is 4.32. The maximum absolute atomic E-state index is 8.79. The molecule has 0 saturated heterocycles. The Morgan fingerprint density at radius 1 is 1.23 bits per heavy atom. The standard InChI is InChI=1S/C12H24O/c1-10(2)6-5-7-11(3)12(4)8-9-13/h11-13H,1,5-9H2,2-4H3. The van der Waals surface area contributed by atoms with Gasteiger partial charge >= 0.3 is 0 Å². The van der Waals surface area contributed by atoms with Gasteiger partial charge in [-0.2, -0.15) is 0 Å². The SMILES string of the molecule is C=C(C)CCCC(C)C(C)CCO. The van der Waals surface area contributed by atoms with E-state index in [1.54, 1.807) is 0 Å². The molecule has 78 valence electrons. The summed E-state index contributed by atoms with van der Waals surface area (Å²) in [7, 11) is 0.